The number of aryl methyl sites for hydroxylation is 1. The molecule has 0 radical (unpaired) electrons. The molecule has 2 aromatic rings. The lowest BCUT2D eigenvalue weighted by Gasteiger charge is -2.26. The van der Waals surface area contributed by atoms with Crippen molar-refractivity contribution in [2.75, 3.05) is 45.2 Å². The maximum absolute atomic E-state index is 13.7. The Hall–Kier alpha value is -2.53. The van der Waals surface area contributed by atoms with E-state index in [1.807, 2.05) is 0 Å². The molecular formula is C22H25ClFN3O5S. The number of amides is 2. The molecule has 1 saturated heterocycles. The number of anilines is 1. The van der Waals surface area contributed by atoms with Crippen molar-refractivity contribution in [3.8, 4) is 0 Å². The molecule has 33 heavy (non-hydrogen) atoms. The van der Waals surface area contributed by atoms with Crippen LogP contribution in [0.3, 0.4) is 0 Å². The van der Waals surface area contributed by atoms with Crippen LogP contribution in [0.25, 0.3) is 0 Å². The van der Waals surface area contributed by atoms with Crippen LogP contribution in [0.2, 0.25) is 5.02 Å². The molecule has 0 unspecified atom stereocenters. The third-order valence-corrected chi connectivity index (χ3v) is 7.56. The maximum Gasteiger partial charge on any atom is 0.244 e. The third kappa shape index (κ3) is 6.50. The minimum atomic E-state index is -3.85. The summed E-state index contributed by atoms with van der Waals surface area (Å²) in [6.45, 7) is 0.781. The summed E-state index contributed by atoms with van der Waals surface area (Å²) in [6.07, 6.45) is 0.269. The van der Waals surface area contributed by atoms with Crippen LogP contribution in [-0.4, -0.2) is 69.3 Å². The quantitative estimate of drug-likeness (QED) is 0.604. The second-order valence-electron chi connectivity index (χ2n) is 7.55. The highest BCUT2D eigenvalue weighted by Gasteiger charge is 2.28. The molecule has 2 amide bonds. The van der Waals surface area contributed by atoms with Crippen molar-refractivity contribution in [3.05, 3.63) is 58.9 Å². The Morgan fingerprint density at radius 1 is 1.18 bits per heavy atom. The van der Waals surface area contributed by atoms with E-state index in [4.69, 9.17) is 16.3 Å². The number of sulfonamides is 1. The third-order valence-electron chi connectivity index (χ3n) is 5.18. The zero-order chi connectivity index (χ0) is 24.0. The molecule has 0 aliphatic carbocycles. The molecule has 0 bridgehead atoms. The Bertz CT molecular complexity index is 1120. The van der Waals surface area contributed by atoms with Crippen LogP contribution >= 0.6 is 11.6 Å². The summed E-state index contributed by atoms with van der Waals surface area (Å²) in [5, 5.41) is 2.64. The smallest absolute Gasteiger partial charge is 0.244 e. The largest absolute Gasteiger partial charge is 0.379 e. The Labute approximate surface area is 197 Å². The van der Waals surface area contributed by atoms with Crippen molar-refractivity contribution in [2.24, 2.45) is 0 Å². The van der Waals surface area contributed by atoms with Crippen LogP contribution in [0, 0.1) is 5.82 Å². The van der Waals surface area contributed by atoms with E-state index in [-0.39, 0.29) is 59.8 Å². The number of nitrogens with zero attached hydrogens (tertiary/aromatic N) is 2. The first kappa shape index (κ1) is 25.1. The molecule has 3 rings (SSSR count). The van der Waals surface area contributed by atoms with Crippen molar-refractivity contribution in [3.63, 3.8) is 0 Å². The van der Waals surface area contributed by atoms with Crippen LogP contribution in [0.15, 0.2) is 47.4 Å². The minimum Gasteiger partial charge on any atom is -0.379 e. The number of rotatable bonds is 8. The van der Waals surface area contributed by atoms with E-state index >= 15 is 0 Å². The SMILES string of the molecule is CN(CC(=O)Nc1ccc(Cl)c(S(=O)(=O)N2CCOCC2)c1)C(=O)CCc1ccccc1F. The van der Waals surface area contributed by atoms with Crippen LogP contribution in [0.4, 0.5) is 10.1 Å². The second kappa shape index (κ2) is 11.1. The summed E-state index contributed by atoms with van der Waals surface area (Å²) in [7, 11) is -2.38. The summed E-state index contributed by atoms with van der Waals surface area (Å²) in [4.78, 5) is 25.9. The van der Waals surface area contributed by atoms with E-state index in [1.54, 1.807) is 18.2 Å². The highest BCUT2D eigenvalue weighted by molar-refractivity contribution is 7.89. The van der Waals surface area contributed by atoms with E-state index in [0.717, 1.165) is 0 Å². The summed E-state index contributed by atoms with van der Waals surface area (Å²) < 4.78 is 46.0. The lowest BCUT2D eigenvalue weighted by atomic mass is 10.1. The first-order valence-corrected chi connectivity index (χ1v) is 12.1. The molecule has 1 aliphatic rings. The number of likely N-dealkylation sites (N-methyl/N-ethyl adjacent to an activating group) is 1. The molecule has 1 N–H and O–H groups in total. The van der Waals surface area contributed by atoms with Crippen LogP contribution < -0.4 is 5.32 Å². The van der Waals surface area contributed by atoms with E-state index in [2.05, 4.69) is 5.32 Å². The van der Waals surface area contributed by atoms with E-state index in [0.29, 0.717) is 18.8 Å². The first-order valence-electron chi connectivity index (χ1n) is 10.3. The number of ether oxygens (including phenoxy) is 1. The Kier molecular flexibility index (Phi) is 8.41. The number of carbonyl (C=O) groups is 2. The van der Waals surface area contributed by atoms with Gasteiger partial charge in [-0.25, -0.2) is 12.8 Å². The normalized spacial score (nSPS) is 14.6. The molecule has 8 nitrogen and oxygen atoms in total. The maximum atomic E-state index is 13.7. The number of nitrogens with one attached hydrogen (secondary N) is 1. The Balaban J connectivity index is 1.60. The van der Waals surface area contributed by atoms with Gasteiger partial charge in [-0.1, -0.05) is 29.8 Å². The number of carbonyl (C=O) groups excluding carboxylic acids is 2. The summed E-state index contributed by atoms with van der Waals surface area (Å²) >= 11 is 6.13. The van der Waals surface area contributed by atoms with E-state index < -0.39 is 15.9 Å². The molecule has 11 heteroatoms. The van der Waals surface area contributed by atoms with Crippen LogP contribution in [0.5, 0.6) is 0 Å². The first-order chi connectivity index (χ1) is 15.7. The molecule has 1 fully saturated rings. The zero-order valence-electron chi connectivity index (χ0n) is 18.1. The van der Waals surface area contributed by atoms with Crippen molar-refractivity contribution in [1.29, 1.82) is 0 Å². The van der Waals surface area contributed by atoms with Crippen molar-refractivity contribution < 1.29 is 27.1 Å². The fourth-order valence-electron chi connectivity index (χ4n) is 3.34. The number of hydrogen-bond acceptors (Lipinski definition) is 5. The summed E-state index contributed by atoms with van der Waals surface area (Å²) in [5.74, 6) is -1.20. The molecule has 178 valence electrons. The van der Waals surface area contributed by atoms with Gasteiger partial charge in [0.1, 0.15) is 10.7 Å². The fraction of sp³-hybridized carbons (Fsp3) is 0.364. The van der Waals surface area contributed by atoms with Gasteiger partial charge in [0, 0.05) is 32.2 Å². The monoisotopic (exact) mass is 497 g/mol. The van der Waals surface area contributed by atoms with E-state index in [1.165, 1.54) is 40.5 Å². The Morgan fingerprint density at radius 2 is 1.88 bits per heavy atom. The fourth-order valence-corrected chi connectivity index (χ4v) is 5.25. The van der Waals surface area contributed by atoms with Gasteiger partial charge in [0.15, 0.2) is 0 Å². The molecule has 0 spiro atoms. The van der Waals surface area contributed by atoms with E-state index in [9.17, 15) is 22.4 Å². The highest BCUT2D eigenvalue weighted by Crippen LogP contribution is 2.28. The second-order valence-corrected chi connectivity index (χ2v) is 9.86. The van der Waals surface area contributed by atoms with Gasteiger partial charge in [0.2, 0.25) is 21.8 Å². The van der Waals surface area contributed by atoms with Crippen molar-refractivity contribution in [2.45, 2.75) is 17.7 Å². The zero-order valence-corrected chi connectivity index (χ0v) is 19.7. The molecule has 1 aliphatic heterocycles. The molecular weight excluding hydrogens is 473 g/mol. The van der Waals surface area contributed by atoms with Gasteiger partial charge in [-0.15, -0.1) is 0 Å². The highest BCUT2D eigenvalue weighted by atomic mass is 35.5. The Morgan fingerprint density at radius 3 is 2.58 bits per heavy atom. The van der Waals surface area contributed by atoms with Gasteiger partial charge < -0.3 is 15.0 Å². The molecule has 0 aromatic heterocycles. The van der Waals surface area contributed by atoms with Gasteiger partial charge in [0.05, 0.1) is 24.8 Å². The van der Waals surface area contributed by atoms with Crippen molar-refractivity contribution in [1.82, 2.24) is 9.21 Å². The lowest BCUT2D eigenvalue weighted by Crippen LogP contribution is -2.40. The van der Waals surface area contributed by atoms with Gasteiger partial charge in [-0.05, 0) is 36.2 Å². The van der Waals surface area contributed by atoms with Crippen LogP contribution in [-0.2, 0) is 30.8 Å². The predicted octanol–water partition coefficient (Wildman–Crippen LogP) is 2.53. The average molecular weight is 498 g/mol. The number of hydrogen-bond donors (Lipinski definition) is 1. The standard InChI is InChI=1S/C22H25ClFN3O5S/c1-26(22(29)9-6-16-4-2-3-5-19(16)24)15-21(28)25-17-7-8-18(23)20(14-17)33(30,31)27-10-12-32-13-11-27/h2-5,7-8,14H,6,9-13,15H2,1H3,(H,25,28). The van der Waals surface area contributed by atoms with Crippen molar-refractivity contribution >= 4 is 39.1 Å². The summed E-state index contributed by atoms with van der Waals surface area (Å²) in [5.41, 5.74) is 0.669. The van der Waals surface area contributed by atoms with Gasteiger partial charge in [0.25, 0.3) is 0 Å². The molecule has 2 aromatic carbocycles. The molecule has 1 heterocycles. The lowest BCUT2D eigenvalue weighted by molar-refractivity contribution is -0.133. The average Bonchev–Trinajstić information content (AvgIpc) is 2.80. The van der Waals surface area contributed by atoms with Gasteiger partial charge in [-0.3, -0.25) is 9.59 Å². The number of halogens is 2. The summed E-state index contributed by atoms with van der Waals surface area (Å²) in [6, 6.07) is 10.4. The molecule has 0 saturated carbocycles. The minimum absolute atomic E-state index is 0.0416. The number of benzene rings is 2. The topological polar surface area (TPSA) is 96.0 Å². The predicted molar refractivity (Wildman–Crippen MR) is 122 cm³/mol. The van der Waals surface area contributed by atoms with Gasteiger partial charge in [-0.2, -0.15) is 4.31 Å². The van der Waals surface area contributed by atoms with Crippen LogP contribution in [0.1, 0.15) is 12.0 Å². The van der Waals surface area contributed by atoms with Gasteiger partial charge >= 0.3 is 0 Å². The number of morpholine rings is 1. The molecule has 0 atom stereocenters.